The molecule has 0 unspecified atom stereocenters. The monoisotopic (exact) mass is 150 g/mol. The van der Waals surface area contributed by atoms with Crippen LogP contribution in [-0.4, -0.2) is 24.3 Å². The summed E-state index contributed by atoms with van der Waals surface area (Å²) < 4.78 is 0. The van der Waals surface area contributed by atoms with E-state index >= 15 is 0 Å². The number of likely N-dealkylation sites (tertiary alicyclic amines) is 1. The fourth-order valence-electron chi connectivity index (χ4n) is 1.26. The van der Waals surface area contributed by atoms with Crippen molar-refractivity contribution >= 4 is 6.34 Å². The van der Waals surface area contributed by atoms with E-state index in [0.717, 1.165) is 13.1 Å². The van der Waals surface area contributed by atoms with Gasteiger partial charge in [-0.05, 0) is 12.8 Å². The third kappa shape index (κ3) is 3.03. The van der Waals surface area contributed by atoms with E-state index in [1.807, 2.05) is 4.90 Å². The normalized spacial score (nSPS) is 19.7. The average Bonchev–Trinajstić information content (AvgIpc) is 2.28. The first-order valence-electron chi connectivity index (χ1n) is 4.03. The highest BCUT2D eigenvalue weighted by Gasteiger charge is 2.04. The van der Waals surface area contributed by atoms with E-state index < -0.39 is 0 Å². The predicted molar refractivity (Wildman–Crippen MR) is 43.1 cm³/mol. The van der Waals surface area contributed by atoms with Crippen LogP contribution in [0.3, 0.4) is 0 Å². The lowest BCUT2D eigenvalue weighted by atomic mass is 10.2. The Bertz CT molecular complexity index is 161. The summed E-state index contributed by atoms with van der Waals surface area (Å²) in [6, 6.07) is 0. The van der Waals surface area contributed by atoms with Gasteiger partial charge in [-0.2, -0.15) is 10.3 Å². The molecular weight excluding hydrogens is 138 g/mol. The fourth-order valence-corrected chi connectivity index (χ4v) is 1.26. The van der Waals surface area contributed by atoms with Crippen LogP contribution in [0.1, 0.15) is 25.7 Å². The Kier molecular flexibility index (Phi) is 3.46. The van der Waals surface area contributed by atoms with Crippen LogP contribution in [0.4, 0.5) is 0 Å². The van der Waals surface area contributed by atoms with Crippen LogP contribution in [0.5, 0.6) is 0 Å². The van der Waals surface area contributed by atoms with Gasteiger partial charge >= 0.3 is 0 Å². The molecule has 0 aromatic rings. The number of hydrogen-bond donors (Lipinski definition) is 0. The molecule has 0 saturated carbocycles. The van der Waals surface area contributed by atoms with Gasteiger partial charge < -0.3 is 4.90 Å². The van der Waals surface area contributed by atoms with Crippen LogP contribution in [0.15, 0.2) is 4.99 Å². The summed E-state index contributed by atoms with van der Waals surface area (Å²) in [6.45, 7) is 2.01. The molecule has 59 valence electrons. The van der Waals surface area contributed by atoms with Gasteiger partial charge in [0.2, 0.25) is 6.19 Å². The molecule has 1 heterocycles. The quantitative estimate of drug-likeness (QED) is 0.320. The zero-order valence-corrected chi connectivity index (χ0v) is 6.58. The lowest BCUT2D eigenvalue weighted by Gasteiger charge is -2.12. The second-order valence-electron chi connectivity index (χ2n) is 2.71. The molecule has 0 aliphatic carbocycles. The second-order valence-corrected chi connectivity index (χ2v) is 2.71. The summed E-state index contributed by atoms with van der Waals surface area (Å²) in [6.07, 6.45) is 9.41. The molecule has 0 atom stereocenters. The van der Waals surface area contributed by atoms with Crippen LogP contribution >= 0.6 is 0 Å². The molecular formula is C8H12N3. The molecule has 0 amide bonds. The summed E-state index contributed by atoms with van der Waals surface area (Å²) in [5, 5.41) is 8.16. The van der Waals surface area contributed by atoms with Gasteiger partial charge in [-0.15, -0.1) is 0 Å². The minimum atomic E-state index is 1.01. The van der Waals surface area contributed by atoms with Gasteiger partial charge in [0, 0.05) is 13.1 Å². The lowest BCUT2D eigenvalue weighted by molar-refractivity contribution is 0.448. The molecule has 3 heteroatoms. The Balaban J connectivity index is 2.32. The third-order valence-electron chi connectivity index (χ3n) is 1.85. The van der Waals surface area contributed by atoms with Crippen molar-refractivity contribution in [3.63, 3.8) is 0 Å². The zero-order valence-electron chi connectivity index (χ0n) is 6.58. The Morgan fingerprint density at radius 2 is 1.73 bits per heavy atom. The van der Waals surface area contributed by atoms with Crippen LogP contribution in [0.25, 0.3) is 0 Å². The Morgan fingerprint density at radius 1 is 1.09 bits per heavy atom. The van der Waals surface area contributed by atoms with Crippen molar-refractivity contribution in [2.75, 3.05) is 13.1 Å². The van der Waals surface area contributed by atoms with Crippen molar-refractivity contribution in [1.29, 1.82) is 5.26 Å². The van der Waals surface area contributed by atoms with Crippen LogP contribution < -0.4 is 0 Å². The molecule has 1 rings (SSSR count). The van der Waals surface area contributed by atoms with E-state index in [1.54, 1.807) is 6.19 Å². The maximum absolute atomic E-state index is 8.16. The fraction of sp³-hybridized carbons (Fsp3) is 0.750. The molecule has 1 aliphatic rings. The van der Waals surface area contributed by atoms with E-state index in [1.165, 1.54) is 25.7 Å². The van der Waals surface area contributed by atoms with Crippen molar-refractivity contribution in [3.8, 4) is 6.19 Å². The molecule has 0 aromatic carbocycles. The van der Waals surface area contributed by atoms with Crippen molar-refractivity contribution in [3.05, 3.63) is 0 Å². The highest BCUT2D eigenvalue weighted by atomic mass is 15.1. The van der Waals surface area contributed by atoms with E-state index in [4.69, 9.17) is 5.26 Å². The maximum Gasteiger partial charge on any atom is 0.207 e. The highest BCUT2D eigenvalue weighted by molar-refractivity contribution is 5.56. The first kappa shape index (κ1) is 8.06. The lowest BCUT2D eigenvalue weighted by Crippen LogP contribution is -2.22. The molecule has 1 radical (unpaired) electrons. The van der Waals surface area contributed by atoms with E-state index in [2.05, 4.69) is 11.3 Å². The van der Waals surface area contributed by atoms with Crippen molar-refractivity contribution in [2.24, 2.45) is 4.99 Å². The van der Waals surface area contributed by atoms with Gasteiger partial charge in [0.05, 0.1) is 0 Å². The maximum atomic E-state index is 8.16. The molecule has 1 saturated heterocycles. The third-order valence-corrected chi connectivity index (χ3v) is 1.85. The van der Waals surface area contributed by atoms with Crippen LogP contribution in [0, 0.1) is 11.5 Å². The van der Waals surface area contributed by atoms with Crippen molar-refractivity contribution < 1.29 is 0 Å². The van der Waals surface area contributed by atoms with E-state index in [0.29, 0.717) is 0 Å². The first-order chi connectivity index (χ1) is 5.43. The largest absolute Gasteiger partial charge is 0.353 e. The summed E-state index contributed by atoms with van der Waals surface area (Å²) >= 11 is 0. The van der Waals surface area contributed by atoms with Gasteiger partial charge in [-0.25, -0.2) is 0 Å². The predicted octanol–water partition coefficient (Wildman–Crippen LogP) is 1.25. The standard InChI is InChI=1S/C8H12N3/c9-7-10-8-11-5-3-1-2-4-6-11/h1-6H2. The topological polar surface area (TPSA) is 39.4 Å². The highest BCUT2D eigenvalue weighted by Crippen LogP contribution is 2.07. The molecule has 0 spiro atoms. The summed E-state index contributed by atoms with van der Waals surface area (Å²) in [5.74, 6) is 0. The molecule has 1 aliphatic heterocycles. The first-order valence-corrected chi connectivity index (χ1v) is 4.03. The zero-order chi connectivity index (χ0) is 7.94. The summed E-state index contributed by atoms with van der Waals surface area (Å²) in [7, 11) is 0. The minimum absolute atomic E-state index is 1.01. The van der Waals surface area contributed by atoms with E-state index in [9.17, 15) is 0 Å². The van der Waals surface area contributed by atoms with E-state index in [-0.39, 0.29) is 0 Å². The Hall–Kier alpha value is -1.04. The molecule has 0 N–H and O–H groups in total. The summed E-state index contributed by atoms with van der Waals surface area (Å²) in [4.78, 5) is 5.41. The second kappa shape index (κ2) is 4.73. The van der Waals surface area contributed by atoms with Gasteiger partial charge in [0.25, 0.3) is 0 Å². The number of nitrogens with zero attached hydrogens (tertiary/aromatic N) is 3. The number of hydrogen-bond acceptors (Lipinski definition) is 2. The SMILES string of the molecule is N#C/N=[C]/N1CCCCCC1. The smallest absolute Gasteiger partial charge is 0.207 e. The van der Waals surface area contributed by atoms with Gasteiger partial charge in [-0.3, -0.25) is 0 Å². The van der Waals surface area contributed by atoms with Gasteiger partial charge in [0.1, 0.15) is 0 Å². The van der Waals surface area contributed by atoms with Crippen molar-refractivity contribution in [2.45, 2.75) is 25.7 Å². The number of aliphatic imine (C=N–C) groups is 1. The van der Waals surface area contributed by atoms with Gasteiger partial charge in [-0.1, -0.05) is 12.8 Å². The van der Waals surface area contributed by atoms with Crippen LogP contribution in [0.2, 0.25) is 0 Å². The molecule has 0 bridgehead atoms. The Morgan fingerprint density at radius 3 is 2.27 bits per heavy atom. The van der Waals surface area contributed by atoms with Crippen molar-refractivity contribution in [1.82, 2.24) is 4.90 Å². The molecule has 0 aromatic heterocycles. The minimum Gasteiger partial charge on any atom is -0.353 e. The molecule has 11 heavy (non-hydrogen) atoms. The number of nitriles is 1. The Labute approximate surface area is 67.3 Å². The number of rotatable bonds is 1. The summed E-state index contributed by atoms with van der Waals surface area (Å²) in [5.41, 5.74) is 0. The van der Waals surface area contributed by atoms with Crippen LogP contribution in [-0.2, 0) is 0 Å². The van der Waals surface area contributed by atoms with Gasteiger partial charge in [0.15, 0.2) is 6.34 Å². The molecule has 3 nitrogen and oxygen atoms in total. The average molecular weight is 150 g/mol. The molecule has 1 fully saturated rings.